The first kappa shape index (κ1) is 31.4. The minimum atomic E-state index is -1.21. The molecule has 4 aromatic rings. The van der Waals surface area contributed by atoms with Gasteiger partial charge >= 0.3 is 6.03 Å². The summed E-state index contributed by atoms with van der Waals surface area (Å²) in [7, 11) is 0. The van der Waals surface area contributed by atoms with E-state index in [0.717, 1.165) is 25.9 Å². The second kappa shape index (κ2) is 13.1. The fourth-order valence-electron chi connectivity index (χ4n) is 6.18. The lowest BCUT2D eigenvalue weighted by Gasteiger charge is -2.42. The van der Waals surface area contributed by atoms with E-state index < -0.39 is 10.8 Å². The molecule has 0 saturated carbocycles. The average Bonchev–Trinajstić information content (AvgIpc) is 3.56. The number of hydrogen-bond acceptors (Lipinski definition) is 5. The molecular weight excluding hydrogens is 676 g/mol. The van der Waals surface area contributed by atoms with E-state index >= 15 is 4.79 Å². The van der Waals surface area contributed by atoms with E-state index in [-0.39, 0.29) is 24.3 Å². The van der Waals surface area contributed by atoms with Gasteiger partial charge in [0.25, 0.3) is 0 Å². The molecule has 0 aliphatic carbocycles. The number of carbonyl (C=O) groups excluding carboxylic acids is 3. The fraction of sp³-hybridized carbons (Fsp3) is 0.333. The number of aromatic amines is 1. The SMILES string of the molecule is CCNC(=O)N1CCN(C(=O)C2(Sc3ccc(C)cc3)CC(=O)N(Cc3ccc(Br)cc3)[C@H]2c2[nH]nc3cc(Cl)ccc23)CC1. The molecule has 2 aliphatic rings. The van der Waals surface area contributed by atoms with Crippen LogP contribution in [0.5, 0.6) is 0 Å². The number of urea groups is 1. The third-order valence-corrected chi connectivity index (χ3v) is 10.6. The quantitative estimate of drug-likeness (QED) is 0.239. The molecule has 0 bridgehead atoms. The molecule has 1 aromatic heterocycles. The maximum Gasteiger partial charge on any atom is 0.317 e. The minimum absolute atomic E-state index is 0.0101. The highest BCUT2D eigenvalue weighted by molar-refractivity contribution is 9.10. The topological polar surface area (TPSA) is 102 Å². The number of halogens is 2. The Morgan fingerprint density at radius 1 is 1.04 bits per heavy atom. The second-order valence-electron chi connectivity index (χ2n) is 11.4. The molecule has 2 fully saturated rings. The summed E-state index contributed by atoms with van der Waals surface area (Å²) in [5.41, 5.74) is 3.41. The number of hydrogen-bond donors (Lipinski definition) is 2. The van der Waals surface area contributed by atoms with Crippen LogP contribution in [0, 0.1) is 6.92 Å². The highest BCUT2D eigenvalue weighted by Gasteiger charge is 2.60. The number of rotatable bonds is 7. The Balaban J connectivity index is 1.46. The number of piperazine rings is 1. The van der Waals surface area contributed by atoms with Crippen LogP contribution in [0.3, 0.4) is 0 Å². The lowest BCUT2D eigenvalue weighted by Crippen LogP contribution is -2.58. The Kier molecular flexibility index (Phi) is 9.12. The number of aryl methyl sites for hydroxylation is 1. The second-order valence-corrected chi connectivity index (χ2v) is 14.2. The predicted molar refractivity (Wildman–Crippen MR) is 180 cm³/mol. The van der Waals surface area contributed by atoms with Crippen molar-refractivity contribution in [3.8, 4) is 0 Å². The molecule has 12 heteroatoms. The highest BCUT2D eigenvalue weighted by atomic mass is 79.9. The van der Waals surface area contributed by atoms with Crippen molar-refractivity contribution in [2.24, 2.45) is 0 Å². The average molecular weight is 710 g/mol. The van der Waals surface area contributed by atoms with Crippen LogP contribution in [0.1, 0.15) is 36.2 Å². The maximum atomic E-state index is 15.0. The Morgan fingerprint density at radius 2 is 1.73 bits per heavy atom. The first-order valence-corrected chi connectivity index (χ1v) is 16.9. The Hall–Kier alpha value is -3.54. The van der Waals surface area contributed by atoms with Crippen molar-refractivity contribution in [2.75, 3.05) is 32.7 Å². The van der Waals surface area contributed by atoms with Gasteiger partial charge in [-0.05, 0) is 61.9 Å². The van der Waals surface area contributed by atoms with Gasteiger partial charge < -0.3 is 20.0 Å². The van der Waals surface area contributed by atoms with Crippen LogP contribution in [0.25, 0.3) is 10.9 Å². The van der Waals surface area contributed by atoms with Crippen molar-refractivity contribution in [3.05, 3.63) is 93.0 Å². The summed E-state index contributed by atoms with van der Waals surface area (Å²) in [6, 6.07) is 20.6. The Bertz CT molecular complexity index is 1720. The number of fused-ring (bicyclic) bond motifs is 1. The van der Waals surface area contributed by atoms with E-state index in [4.69, 9.17) is 11.6 Å². The van der Waals surface area contributed by atoms with Gasteiger partial charge in [0, 0.05) is 59.0 Å². The van der Waals surface area contributed by atoms with Gasteiger partial charge in [0.05, 0.1) is 23.7 Å². The fourth-order valence-corrected chi connectivity index (χ4v) is 8.07. The molecule has 234 valence electrons. The zero-order chi connectivity index (χ0) is 31.7. The smallest absolute Gasteiger partial charge is 0.317 e. The largest absolute Gasteiger partial charge is 0.338 e. The Labute approximate surface area is 279 Å². The molecule has 2 atom stereocenters. The van der Waals surface area contributed by atoms with Gasteiger partial charge in [-0.1, -0.05) is 57.4 Å². The summed E-state index contributed by atoms with van der Waals surface area (Å²) in [5.74, 6) is -0.245. The third kappa shape index (κ3) is 6.30. The number of benzene rings is 3. The van der Waals surface area contributed by atoms with Crippen LogP contribution in [0.2, 0.25) is 5.02 Å². The lowest BCUT2D eigenvalue weighted by molar-refractivity contribution is -0.136. The number of H-pyrrole nitrogens is 1. The first-order chi connectivity index (χ1) is 21.7. The minimum Gasteiger partial charge on any atom is -0.338 e. The first-order valence-electron chi connectivity index (χ1n) is 14.9. The van der Waals surface area contributed by atoms with Crippen LogP contribution >= 0.6 is 39.3 Å². The number of aromatic nitrogens is 2. The number of likely N-dealkylation sites (tertiary alicyclic amines) is 1. The van der Waals surface area contributed by atoms with Crippen molar-refractivity contribution >= 4 is 68.0 Å². The van der Waals surface area contributed by atoms with Crippen LogP contribution in [0.15, 0.2) is 76.1 Å². The number of carbonyl (C=O) groups is 3. The number of thioether (sulfide) groups is 1. The molecule has 0 spiro atoms. The molecule has 2 aliphatic heterocycles. The molecular formula is C33H34BrClN6O3S. The van der Waals surface area contributed by atoms with Crippen LogP contribution in [0.4, 0.5) is 4.79 Å². The zero-order valence-electron chi connectivity index (χ0n) is 25.1. The Morgan fingerprint density at radius 3 is 2.42 bits per heavy atom. The maximum absolute atomic E-state index is 15.0. The molecule has 45 heavy (non-hydrogen) atoms. The molecule has 3 aromatic carbocycles. The van der Waals surface area contributed by atoms with Crippen LogP contribution in [-0.4, -0.2) is 80.2 Å². The number of nitrogens with one attached hydrogen (secondary N) is 2. The van der Waals surface area contributed by atoms with Gasteiger partial charge in [0.1, 0.15) is 4.75 Å². The zero-order valence-corrected chi connectivity index (χ0v) is 28.2. The molecule has 4 amide bonds. The molecule has 9 nitrogen and oxygen atoms in total. The predicted octanol–water partition coefficient (Wildman–Crippen LogP) is 6.17. The van der Waals surface area contributed by atoms with E-state index in [2.05, 4.69) is 31.4 Å². The van der Waals surface area contributed by atoms with Crippen LogP contribution in [-0.2, 0) is 16.1 Å². The summed E-state index contributed by atoms with van der Waals surface area (Å²) in [4.78, 5) is 48.0. The number of nitrogens with zero attached hydrogens (tertiary/aromatic N) is 4. The van der Waals surface area contributed by atoms with Gasteiger partial charge in [-0.25, -0.2) is 4.79 Å². The molecule has 0 radical (unpaired) electrons. The van der Waals surface area contributed by atoms with Crippen molar-refractivity contribution in [1.29, 1.82) is 0 Å². The van der Waals surface area contributed by atoms with Gasteiger partial charge in [-0.3, -0.25) is 14.7 Å². The molecule has 6 rings (SSSR count). The molecule has 3 heterocycles. The van der Waals surface area contributed by atoms with E-state index in [0.29, 0.717) is 55.5 Å². The van der Waals surface area contributed by atoms with Gasteiger partial charge in [0.15, 0.2) is 0 Å². The van der Waals surface area contributed by atoms with Gasteiger partial charge in [0.2, 0.25) is 11.8 Å². The normalized spacial score (nSPS) is 20.2. The van der Waals surface area contributed by atoms with E-state index in [9.17, 15) is 9.59 Å². The van der Waals surface area contributed by atoms with Crippen molar-refractivity contribution in [2.45, 2.75) is 42.5 Å². The number of amides is 4. The summed E-state index contributed by atoms with van der Waals surface area (Å²) in [6.07, 6.45) is 0.0101. The van der Waals surface area contributed by atoms with Crippen molar-refractivity contribution in [3.63, 3.8) is 0 Å². The van der Waals surface area contributed by atoms with Gasteiger partial charge in [-0.2, -0.15) is 5.10 Å². The molecule has 1 unspecified atom stereocenters. The standard InChI is InChI=1S/C33H34BrClN6O3S/c1-3-36-32(44)40-16-14-39(15-17-40)31(43)33(45-25-11-4-21(2)5-12-25)19-28(42)41(20-22-6-8-23(34)9-7-22)30(33)29-26-13-10-24(35)18-27(26)37-38-29/h4-13,18,30H,3,14-17,19-20H2,1-2H3,(H,36,44)(H,37,38)/t30-,33?/m0/s1. The third-order valence-electron chi connectivity index (χ3n) is 8.44. The van der Waals surface area contributed by atoms with E-state index in [1.807, 2.05) is 78.2 Å². The van der Waals surface area contributed by atoms with Gasteiger partial charge in [-0.15, -0.1) is 11.8 Å². The lowest BCUT2D eigenvalue weighted by atomic mass is 9.92. The summed E-state index contributed by atoms with van der Waals surface area (Å²) in [6.45, 7) is 6.33. The molecule has 2 saturated heterocycles. The monoisotopic (exact) mass is 708 g/mol. The summed E-state index contributed by atoms with van der Waals surface area (Å²) < 4.78 is -0.271. The van der Waals surface area contributed by atoms with Crippen molar-refractivity contribution in [1.82, 2.24) is 30.2 Å². The van der Waals surface area contributed by atoms with E-state index in [1.54, 1.807) is 17.0 Å². The highest BCUT2D eigenvalue weighted by Crippen LogP contribution is 2.54. The summed E-state index contributed by atoms with van der Waals surface area (Å²) in [5, 5.41) is 12.0. The summed E-state index contributed by atoms with van der Waals surface area (Å²) >= 11 is 11.3. The van der Waals surface area contributed by atoms with E-state index in [1.165, 1.54) is 11.8 Å². The van der Waals surface area contributed by atoms with Crippen LogP contribution < -0.4 is 5.32 Å². The molecule has 2 N–H and O–H groups in total. The van der Waals surface area contributed by atoms with Crippen molar-refractivity contribution < 1.29 is 14.4 Å².